The van der Waals surface area contributed by atoms with Gasteiger partial charge >= 0.3 is 11.9 Å². The van der Waals surface area contributed by atoms with E-state index < -0.39 is 115 Å². The Morgan fingerprint density at radius 2 is 1.41 bits per heavy atom. The number of aromatic nitrogens is 1. The molecule has 3 aliphatic heterocycles. The molecule has 75 heavy (non-hydrogen) atoms. The molecule has 0 bridgehead atoms. The first kappa shape index (κ1) is 56.3. The third kappa shape index (κ3) is 10.5. The zero-order chi connectivity index (χ0) is 53.6. The van der Waals surface area contributed by atoms with Crippen LogP contribution in [-0.2, 0) is 56.9 Å². The topological polar surface area (TPSA) is 229 Å². The van der Waals surface area contributed by atoms with E-state index in [2.05, 4.69) is 11.9 Å². The maximum atomic E-state index is 13.9. The van der Waals surface area contributed by atoms with E-state index in [0.29, 0.717) is 25.7 Å². The van der Waals surface area contributed by atoms with Crippen molar-refractivity contribution in [1.82, 2.24) is 4.98 Å². The smallest absolute Gasteiger partial charge is 0.340 e. The molecule has 0 radical (unpaired) electrons. The molecular formula is C57H81NO17. The van der Waals surface area contributed by atoms with E-state index in [1.54, 1.807) is 52.5 Å². The minimum atomic E-state index is -1.74. The Morgan fingerprint density at radius 1 is 0.733 bits per heavy atom. The Balaban J connectivity index is 0.855. The molecule has 1 aromatic carbocycles. The van der Waals surface area contributed by atoms with Gasteiger partial charge in [0.15, 0.2) is 18.9 Å². The molecule has 416 valence electrons. The molecule has 4 N–H and O–H groups in total. The number of aliphatic hydroxyl groups is 4. The molecule has 0 spiro atoms. The Kier molecular flexibility index (Phi) is 17.0. The Bertz CT molecular complexity index is 2280. The van der Waals surface area contributed by atoms with Gasteiger partial charge in [0.1, 0.15) is 48.3 Å². The van der Waals surface area contributed by atoms with Crippen molar-refractivity contribution in [1.29, 1.82) is 0 Å². The molecule has 18 heteroatoms. The molecule has 18 nitrogen and oxygen atoms in total. The molecule has 4 heterocycles. The summed E-state index contributed by atoms with van der Waals surface area (Å²) in [5.74, 6) is -1.27. The lowest BCUT2D eigenvalue weighted by Gasteiger charge is -2.66. The summed E-state index contributed by atoms with van der Waals surface area (Å²) in [6, 6.07) is 12.7. The number of aliphatic hydroxyl groups excluding tert-OH is 2. The van der Waals surface area contributed by atoms with Crippen LogP contribution in [-0.4, -0.2) is 168 Å². The second kappa shape index (κ2) is 22.7. The van der Waals surface area contributed by atoms with Crippen molar-refractivity contribution < 1.29 is 82.1 Å². The van der Waals surface area contributed by atoms with Crippen molar-refractivity contribution in [2.45, 2.75) is 215 Å². The first-order valence-corrected chi connectivity index (χ1v) is 27.1. The number of hydrogen-bond donors (Lipinski definition) is 4. The van der Waals surface area contributed by atoms with E-state index in [-0.39, 0.29) is 53.8 Å². The molecule has 2 aromatic rings. The Morgan fingerprint density at radius 3 is 2.07 bits per heavy atom. The van der Waals surface area contributed by atoms with Crippen molar-refractivity contribution in [3.05, 3.63) is 72.1 Å². The van der Waals surface area contributed by atoms with E-state index in [4.69, 9.17) is 52.1 Å². The lowest BCUT2D eigenvalue weighted by atomic mass is 9.42. The SMILES string of the molecule is COC1CC(OC2CCC3(C)C(CCC4C3CC(OC(=O)C=Cc3ccccc3)C3(C)C(O)(C(C)OC(=O)c5cccnc5)CCC43O)C2)OC(C)C1OC1CC(OC)C(OC2OC(C)C(O)C(OC)C2O)C(C)O1. The molecule has 1 aromatic heterocycles. The number of methoxy groups -OCH3 is 3. The van der Waals surface area contributed by atoms with Gasteiger partial charge in [0.05, 0.1) is 53.2 Å². The quantitative estimate of drug-likeness (QED) is 0.0954. The maximum Gasteiger partial charge on any atom is 0.340 e. The van der Waals surface area contributed by atoms with Gasteiger partial charge in [0, 0.05) is 52.6 Å². The van der Waals surface area contributed by atoms with E-state index in [9.17, 15) is 30.0 Å². The van der Waals surface area contributed by atoms with Crippen LogP contribution in [0.2, 0.25) is 0 Å². The maximum absolute atomic E-state index is 13.9. The zero-order valence-corrected chi connectivity index (χ0v) is 44.9. The number of pyridine rings is 1. The largest absolute Gasteiger partial charge is 0.458 e. The molecule has 9 rings (SSSR count). The van der Waals surface area contributed by atoms with E-state index in [1.165, 1.54) is 19.4 Å². The van der Waals surface area contributed by atoms with Crippen LogP contribution in [0.15, 0.2) is 60.9 Å². The summed E-state index contributed by atoms with van der Waals surface area (Å²) in [7, 11) is 4.66. The van der Waals surface area contributed by atoms with Crippen LogP contribution in [0.1, 0.15) is 122 Å². The molecule has 23 unspecified atom stereocenters. The third-order valence-corrected chi connectivity index (χ3v) is 19.2. The molecule has 4 aliphatic carbocycles. The summed E-state index contributed by atoms with van der Waals surface area (Å²) < 4.78 is 68.3. The minimum absolute atomic E-state index is 0.0549. The monoisotopic (exact) mass is 1050 g/mol. The highest BCUT2D eigenvalue weighted by atomic mass is 16.8. The molecule has 0 amide bonds. The van der Waals surface area contributed by atoms with Gasteiger partial charge in [-0.2, -0.15) is 0 Å². The molecule has 3 saturated heterocycles. The normalized spacial score (nSPS) is 45.2. The molecule has 7 fully saturated rings. The average molecular weight is 1050 g/mol. The second-order valence-corrected chi connectivity index (χ2v) is 22.9. The van der Waals surface area contributed by atoms with Crippen LogP contribution in [0, 0.1) is 28.6 Å². The van der Waals surface area contributed by atoms with Crippen LogP contribution in [0.5, 0.6) is 0 Å². The number of nitrogens with zero attached hydrogens (tertiary/aromatic N) is 1. The number of rotatable bonds is 15. The molecule has 4 saturated carbocycles. The predicted octanol–water partition coefficient (Wildman–Crippen LogP) is 5.69. The fourth-order valence-electron chi connectivity index (χ4n) is 14.8. The van der Waals surface area contributed by atoms with Gasteiger partial charge in [-0.25, -0.2) is 9.59 Å². The summed E-state index contributed by atoms with van der Waals surface area (Å²) in [5, 5.41) is 47.8. The number of esters is 2. The third-order valence-electron chi connectivity index (χ3n) is 19.2. The average Bonchev–Trinajstić information content (AvgIpc) is 3.63. The summed E-state index contributed by atoms with van der Waals surface area (Å²) in [6.07, 6.45) is 0.354. The van der Waals surface area contributed by atoms with Crippen LogP contribution < -0.4 is 0 Å². The molecular weight excluding hydrogens is 971 g/mol. The van der Waals surface area contributed by atoms with Crippen molar-refractivity contribution in [2.75, 3.05) is 21.3 Å². The van der Waals surface area contributed by atoms with Crippen LogP contribution >= 0.6 is 0 Å². The fraction of sp³-hybridized carbons (Fsp3) is 0.737. The Hall–Kier alpha value is -3.47. The lowest BCUT2D eigenvalue weighted by Crippen LogP contribution is -2.72. The number of ether oxygens (including phenoxy) is 11. The lowest BCUT2D eigenvalue weighted by molar-refractivity contribution is -0.352. The van der Waals surface area contributed by atoms with E-state index in [0.717, 1.165) is 31.2 Å². The number of benzene rings is 1. The molecule has 7 aliphatic rings. The van der Waals surface area contributed by atoms with Crippen LogP contribution in [0.3, 0.4) is 0 Å². The highest BCUT2D eigenvalue weighted by molar-refractivity contribution is 5.89. The standard InChI is InChI=1S/C57H81NO17/c1-31-47(60)51(67-9)48(61)53(70-31)75-50-33(3)69-46(29-42(50)66-8)74-49-32(2)68-45(28-41(49)65-7)72-38-21-22-54(5)37(26-38)18-19-39-40(54)27-43(73-44(59)20-17-35-14-11-10-12-15-35)55(6)56(63,23-24-57(39,55)64)34(4)71-52(62)36-16-13-25-58-30-36/h10-17,20,25,30-34,37-43,45-51,53,60-61,63-64H,18-19,21-24,26-29H2,1-9H3. The molecule has 23 atom stereocenters. The number of carbonyl (C=O) groups excluding carboxylic acids is 2. The highest BCUT2D eigenvalue weighted by Crippen LogP contribution is 2.71. The number of carbonyl (C=O) groups is 2. The predicted molar refractivity (Wildman–Crippen MR) is 269 cm³/mol. The van der Waals surface area contributed by atoms with Gasteiger partial charge in [0.25, 0.3) is 0 Å². The van der Waals surface area contributed by atoms with Gasteiger partial charge in [-0.1, -0.05) is 44.2 Å². The van der Waals surface area contributed by atoms with Gasteiger partial charge in [0.2, 0.25) is 0 Å². The summed E-state index contributed by atoms with van der Waals surface area (Å²) in [5.41, 5.74) is -3.79. The van der Waals surface area contributed by atoms with Gasteiger partial charge in [-0.3, -0.25) is 4.98 Å². The highest BCUT2D eigenvalue weighted by Gasteiger charge is 2.77. The van der Waals surface area contributed by atoms with Gasteiger partial charge in [-0.05, 0) is 126 Å². The minimum Gasteiger partial charge on any atom is -0.458 e. The first-order chi connectivity index (χ1) is 35.8. The van der Waals surface area contributed by atoms with E-state index in [1.807, 2.05) is 51.1 Å². The Labute approximate surface area is 441 Å². The van der Waals surface area contributed by atoms with Crippen molar-refractivity contribution >= 4 is 18.0 Å². The van der Waals surface area contributed by atoms with Gasteiger partial charge in [-0.15, -0.1) is 0 Å². The van der Waals surface area contributed by atoms with Crippen molar-refractivity contribution in [3.63, 3.8) is 0 Å². The summed E-state index contributed by atoms with van der Waals surface area (Å²) >= 11 is 0. The fourth-order valence-corrected chi connectivity index (χ4v) is 14.8. The van der Waals surface area contributed by atoms with Crippen LogP contribution in [0.4, 0.5) is 0 Å². The van der Waals surface area contributed by atoms with Crippen molar-refractivity contribution in [2.24, 2.45) is 28.6 Å². The summed E-state index contributed by atoms with van der Waals surface area (Å²) in [4.78, 5) is 31.4. The van der Waals surface area contributed by atoms with Crippen LogP contribution in [0.25, 0.3) is 6.08 Å². The number of hydrogen-bond acceptors (Lipinski definition) is 18. The van der Waals surface area contributed by atoms with Crippen molar-refractivity contribution in [3.8, 4) is 0 Å². The second-order valence-electron chi connectivity index (χ2n) is 22.9. The first-order valence-electron chi connectivity index (χ1n) is 27.1. The van der Waals surface area contributed by atoms with Gasteiger partial charge < -0.3 is 72.5 Å². The van der Waals surface area contributed by atoms with E-state index >= 15 is 0 Å². The zero-order valence-electron chi connectivity index (χ0n) is 44.9. The summed E-state index contributed by atoms with van der Waals surface area (Å²) in [6.45, 7) is 11.3. The number of fused-ring (bicyclic) bond motifs is 5.